The van der Waals surface area contributed by atoms with E-state index in [0.29, 0.717) is 41.8 Å². The van der Waals surface area contributed by atoms with Crippen LogP contribution in [-0.2, 0) is 11.3 Å². The third-order valence-electron chi connectivity index (χ3n) is 6.75. The van der Waals surface area contributed by atoms with Crippen LogP contribution in [0.5, 0.6) is 11.5 Å². The van der Waals surface area contributed by atoms with Crippen molar-refractivity contribution >= 4 is 34.2 Å². The molecule has 1 N–H and O–H groups in total. The molecule has 0 saturated carbocycles. The summed E-state index contributed by atoms with van der Waals surface area (Å²) < 4.78 is 16.2. The SMILES string of the molecule is COCCN(Cc1cc2ccc(Cl)cc2nc1N1CCCC(CO)C1)C(=O)c1ccc2c(c1)OCO2. The normalized spacial score (nSPS) is 17.0. The summed E-state index contributed by atoms with van der Waals surface area (Å²) in [5.74, 6) is 2.10. The topological polar surface area (TPSA) is 84.4 Å². The Morgan fingerprint density at radius 1 is 1.22 bits per heavy atom. The lowest BCUT2D eigenvalue weighted by atomic mass is 9.98. The quantitative estimate of drug-likeness (QED) is 0.487. The fraction of sp³-hybridized carbons (Fsp3) is 0.407. The number of benzene rings is 2. The van der Waals surface area contributed by atoms with Gasteiger partial charge in [0.05, 0.1) is 12.1 Å². The molecule has 1 fully saturated rings. The first-order valence-electron chi connectivity index (χ1n) is 12.2. The van der Waals surface area contributed by atoms with Crippen LogP contribution in [0, 0.1) is 5.92 Å². The molecule has 2 aliphatic rings. The minimum absolute atomic E-state index is 0.126. The Labute approximate surface area is 215 Å². The van der Waals surface area contributed by atoms with Gasteiger partial charge in [-0.3, -0.25) is 4.79 Å². The number of aliphatic hydroxyl groups is 1. The number of halogens is 1. The van der Waals surface area contributed by atoms with Crippen molar-refractivity contribution in [3.8, 4) is 11.5 Å². The van der Waals surface area contributed by atoms with Crippen molar-refractivity contribution in [2.75, 3.05) is 51.7 Å². The number of pyridine rings is 1. The highest BCUT2D eigenvalue weighted by atomic mass is 35.5. The molecule has 1 aromatic heterocycles. The van der Waals surface area contributed by atoms with Crippen LogP contribution in [0.25, 0.3) is 10.9 Å². The number of hydrogen-bond acceptors (Lipinski definition) is 7. The zero-order chi connectivity index (χ0) is 25.1. The first kappa shape index (κ1) is 24.6. The number of carbonyl (C=O) groups excluding carboxylic acids is 1. The molecule has 2 aromatic carbocycles. The second-order valence-electron chi connectivity index (χ2n) is 9.23. The van der Waals surface area contributed by atoms with Gasteiger partial charge in [-0.1, -0.05) is 17.7 Å². The van der Waals surface area contributed by atoms with E-state index in [1.165, 1.54) is 0 Å². The van der Waals surface area contributed by atoms with Gasteiger partial charge >= 0.3 is 0 Å². The molecule has 3 aromatic rings. The highest BCUT2D eigenvalue weighted by Gasteiger charge is 2.26. The summed E-state index contributed by atoms with van der Waals surface area (Å²) in [5, 5.41) is 11.4. The molecule has 8 nitrogen and oxygen atoms in total. The molecule has 0 aliphatic carbocycles. The van der Waals surface area contributed by atoms with E-state index in [0.717, 1.165) is 48.2 Å². The Morgan fingerprint density at radius 2 is 2.08 bits per heavy atom. The van der Waals surface area contributed by atoms with Gasteiger partial charge in [0.15, 0.2) is 11.5 Å². The monoisotopic (exact) mass is 511 g/mol. The van der Waals surface area contributed by atoms with Gasteiger partial charge in [0.2, 0.25) is 6.79 Å². The predicted molar refractivity (Wildman–Crippen MR) is 138 cm³/mol. The number of anilines is 1. The second-order valence-corrected chi connectivity index (χ2v) is 9.67. The van der Waals surface area contributed by atoms with Crippen LogP contribution < -0.4 is 14.4 Å². The van der Waals surface area contributed by atoms with Crippen LogP contribution in [0.15, 0.2) is 42.5 Å². The number of carbonyl (C=O) groups is 1. The number of hydrogen-bond donors (Lipinski definition) is 1. The van der Waals surface area contributed by atoms with E-state index in [4.69, 9.17) is 30.8 Å². The first-order chi connectivity index (χ1) is 17.6. The van der Waals surface area contributed by atoms with E-state index in [9.17, 15) is 9.90 Å². The largest absolute Gasteiger partial charge is 0.454 e. The van der Waals surface area contributed by atoms with Crippen LogP contribution in [0.2, 0.25) is 5.02 Å². The molecule has 0 radical (unpaired) electrons. The van der Waals surface area contributed by atoms with Crippen LogP contribution in [0.4, 0.5) is 5.82 Å². The van der Waals surface area contributed by atoms with Gasteiger partial charge in [-0.2, -0.15) is 0 Å². The number of aliphatic hydroxyl groups excluding tert-OH is 1. The molecule has 3 heterocycles. The Balaban J connectivity index is 1.51. The third kappa shape index (κ3) is 5.21. The number of aromatic nitrogens is 1. The number of piperidine rings is 1. The summed E-state index contributed by atoms with van der Waals surface area (Å²) in [6.07, 6.45) is 1.97. The molecule has 1 atom stereocenters. The van der Waals surface area contributed by atoms with Crippen molar-refractivity contribution in [3.63, 3.8) is 0 Å². The minimum Gasteiger partial charge on any atom is -0.454 e. The van der Waals surface area contributed by atoms with Gasteiger partial charge in [0, 0.05) is 61.4 Å². The highest BCUT2D eigenvalue weighted by Crippen LogP contribution is 2.34. The van der Waals surface area contributed by atoms with E-state index in [1.54, 1.807) is 30.2 Å². The number of amides is 1. The van der Waals surface area contributed by atoms with Gasteiger partial charge in [-0.15, -0.1) is 0 Å². The Bertz CT molecular complexity index is 1250. The van der Waals surface area contributed by atoms with E-state index in [-0.39, 0.29) is 25.2 Å². The maximum Gasteiger partial charge on any atom is 0.254 e. The zero-order valence-electron chi connectivity index (χ0n) is 20.3. The molecule has 0 spiro atoms. The van der Waals surface area contributed by atoms with E-state index >= 15 is 0 Å². The van der Waals surface area contributed by atoms with Crippen LogP contribution in [0.1, 0.15) is 28.8 Å². The van der Waals surface area contributed by atoms with Crippen molar-refractivity contribution in [2.24, 2.45) is 5.92 Å². The maximum atomic E-state index is 13.6. The minimum atomic E-state index is -0.126. The molecule has 5 rings (SSSR count). The zero-order valence-corrected chi connectivity index (χ0v) is 21.0. The fourth-order valence-electron chi connectivity index (χ4n) is 4.84. The highest BCUT2D eigenvalue weighted by molar-refractivity contribution is 6.31. The van der Waals surface area contributed by atoms with Crippen molar-refractivity contribution in [3.05, 3.63) is 58.6 Å². The molecule has 9 heteroatoms. The Kier molecular flexibility index (Phi) is 7.46. The lowest BCUT2D eigenvalue weighted by Gasteiger charge is -2.35. The van der Waals surface area contributed by atoms with Crippen LogP contribution >= 0.6 is 11.6 Å². The van der Waals surface area contributed by atoms with Gasteiger partial charge in [0.1, 0.15) is 5.82 Å². The van der Waals surface area contributed by atoms with Crippen molar-refractivity contribution in [1.82, 2.24) is 9.88 Å². The Hall–Kier alpha value is -3.07. The maximum absolute atomic E-state index is 13.6. The average molecular weight is 512 g/mol. The summed E-state index contributed by atoms with van der Waals surface area (Å²) in [5.41, 5.74) is 2.27. The first-order valence-corrected chi connectivity index (χ1v) is 12.6. The second kappa shape index (κ2) is 10.9. The van der Waals surface area contributed by atoms with Crippen LogP contribution in [-0.4, -0.2) is 67.6 Å². The molecule has 1 saturated heterocycles. The van der Waals surface area contributed by atoms with Crippen molar-refractivity contribution in [2.45, 2.75) is 19.4 Å². The number of ether oxygens (including phenoxy) is 3. The summed E-state index contributed by atoms with van der Waals surface area (Å²) in [7, 11) is 1.62. The summed E-state index contributed by atoms with van der Waals surface area (Å²) in [4.78, 5) is 22.6. The summed E-state index contributed by atoms with van der Waals surface area (Å²) in [6, 6.07) is 13.0. The molecule has 1 amide bonds. The van der Waals surface area contributed by atoms with E-state index < -0.39 is 0 Å². The van der Waals surface area contributed by atoms with Crippen molar-refractivity contribution in [1.29, 1.82) is 0 Å². The van der Waals surface area contributed by atoms with Crippen molar-refractivity contribution < 1.29 is 24.1 Å². The lowest BCUT2D eigenvalue weighted by Crippen LogP contribution is -2.39. The number of methoxy groups -OCH3 is 1. The number of rotatable bonds is 8. The van der Waals surface area contributed by atoms with Crippen LogP contribution in [0.3, 0.4) is 0 Å². The standard InChI is InChI=1S/C27H30ClN3O5/c1-34-10-9-31(27(33)20-5-7-24-25(12-20)36-17-35-24)15-21-11-19-4-6-22(28)13-23(19)29-26(21)30-8-2-3-18(14-30)16-32/h4-7,11-13,18,32H,2-3,8-10,14-17H2,1H3. The van der Waals surface area contributed by atoms with Gasteiger partial charge in [-0.05, 0) is 55.2 Å². The fourth-order valence-corrected chi connectivity index (χ4v) is 5.01. The molecular weight excluding hydrogens is 482 g/mol. The van der Waals surface area contributed by atoms with E-state index in [1.807, 2.05) is 18.2 Å². The average Bonchev–Trinajstić information content (AvgIpc) is 3.38. The lowest BCUT2D eigenvalue weighted by molar-refractivity contribution is 0.0680. The summed E-state index contributed by atoms with van der Waals surface area (Å²) in [6.45, 7) is 3.04. The van der Waals surface area contributed by atoms with Gasteiger partial charge in [-0.25, -0.2) is 4.98 Å². The van der Waals surface area contributed by atoms with Gasteiger partial charge < -0.3 is 29.1 Å². The van der Waals surface area contributed by atoms with Gasteiger partial charge in [0.25, 0.3) is 5.91 Å². The summed E-state index contributed by atoms with van der Waals surface area (Å²) >= 11 is 6.26. The molecule has 36 heavy (non-hydrogen) atoms. The smallest absolute Gasteiger partial charge is 0.254 e. The molecule has 190 valence electrons. The molecule has 0 bridgehead atoms. The van der Waals surface area contributed by atoms with E-state index in [2.05, 4.69) is 11.0 Å². The third-order valence-corrected chi connectivity index (χ3v) is 6.98. The predicted octanol–water partition coefficient (Wildman–Crippen LogP) is 4.11. The number of fused-ring (bicyclic) bond motifs is 2. The molecular formula is C27H30ClN3O5. The molecule has 1 unspecified atom stereocenters. The Morgan fingerprint density at radius 3 is 2.92 bits per heavy atom. The number of nitrogens with zero attached hydrogens (tertiary/aromatic N) is 3. The molecule has 2 aliphatic heterocycles.